The third-order valence-corrected chi connectivity index (χ3v) is 2.62. The molecular formula is C12H18N2O2. The standard InChI is InChI=1S/C12H18N2O2/c1-3-14(4-2)9-10-5-7-11(8-6-10)12(15)13-16/h5-8,16H,3-4,9H2,1-2H3,(H,13,15). The van der Waals surface area contributed by atoms with E-state index in [1.165, 1.54) is 0 Å². The molecule has 0 spiro atoms. The third-order valence-electron chi connectivity index (χ3n) is 2.62. The van der Waals surface area contributed by atoms with Gasteiger partial charge in [-0.3, -0.25) is 14.9 Å². The Balaban J connectivity index is 2.67. The van der Waals surface area contributed by atoms with E-state index in [4.69, 9.17) is 5.21 Å². The first-order valence-corrected chi connectivity index (χ1v) is 5.47. The molecule has 0 aromatic heterocycles. The summed E-state index contributed by atoms with van der Waals surface area (Å²) in [7, 11) is 0. The van der Waals surface area contributed by atoms with Crippen LogP contribution < -0.4 is 5.48 Å². The van der Waals surface area contributed by atoms with Crippen molar-refractivity contribution < 1.29 is 10.0 Å². The van der Waals surface area contributed by atoms with Gasteiger partial charge in [0.15, 0.2) is 0 Å². The lowest BCUT2D eigenvalue weighted by molar-refractivity contribution is 0.0706. The van der Waals surface area contributed by atoms with Gasteiger partial charge in [0.1, 0.15) is 0 Å². The molecule has 0 aliphatic rings. The van der Waals surface area contributed by atoms with E-state index in [0.29, 0.717) is 5.56 Å². The summed E-state index contributed by atoms with van der Waals surface area (Å²) in [6, 6.07) is 7.24. The number of amides is 1. The number of hydrogen-bond acceptors (Lipinski definition) is 3. The first-order valence-electron chi connectivity index (χ1n) is 5.47. The molecule has 88 valence electrons. The molecule has 2 N–H and O–H groups in total. The van der Waals surface area contributed by atoms with Gasteiger partial charge in [-0.05, 0) is 30.8 Å². The molecule has 0 aliphatic carbocycles. The van der Waals surface area contributed by atoms with Crippen LogP contribution in [-0.2, 0) is 6.54 Å². The van der Waals surface area contributed by atoms with Crippen molar-refractivity contribution in [1.29, 1.82) is 0 Å². The fourth-order valence-electron chi connectivity index (χ4n) is 1.53. The van der Waals surface area contributed by atoms with Gasteiger partial charge in [-0.2, -0.15) is 0 Å². The quantitative estimate of drug-likeness (QED) is 0.588. The van der Waals surface area contributed by atoms with Crippen molar-refractivity contribution in [3.05, 3.63) is 35.4 Å². The molecule has 0 unspecified atom stereocenters. The molecule has 0 radical (unpaired) electrons. The predicted molar refractivity (Wildman–Crippen MR) is 62.3 cm³/mol. The van der Waals surface area contributed by atoms with Crippen LogP contribution in [0, 0.1) is 0 Å². The second-order valence-electron chi connectivity index (χ2n) is 3.60. The van der Waals surface area contributed by atoms with Crippen LogP contribution in [0.2, 0.25) is 0 Å². The van der Waals surface area contributed by atoms with Gasteiger partial charge >= 0.3 is 0 Å². The van der Waals surface area contributed by atoms with Gasteiger partial charge in [0.05, 0.1) is 0 Å². The summed E-state index contributed by atoms with van der Waals surface area (Å²) in [4.78, 5) is 13.4. The lowest BCUT2D eigenvalue weighted by Gasteiger charge is -2.17. The van der Waals surface area contributed by atoms with E-state index in [1.54, 1.807) is 17.6 Å². The molecule has 0 saturated carbocycles. The molecule has 0 bridgehead atoms. The van der Waals surface area contributed by atoms with E-state index in [0.717, 1.165) is 25.2 Å². The van der Waals surface area contributed by atoms with E-state index in [1.807, 2.05) is 12.1 Å². The Kier molecular flexibility index (Phi) is 4.95. The molecular weight excluding hydrogens is 204 g/mol. The van der Waals surface area contributed by atoms with Gasteiger partial charge in [0, 0.05) is 12.1 Å². The zero-order chi connectivity index (χ0) is 12.0. The van der Waals surface area contributed by atoms with Gasteiger partial charge in [-0.15, -0.1) is 0 Å². The van der Waals surface area contributed by atoms with Crippen LogP contribution in [0.3, 0.4) is 0 Å². The van der Waals surface area contributed by atoms with E-state index in [-0.39, 0.29) is 0 Å². The first-order chi connectivity index (χ1) is 7.71. The number of carbonyl (C=O) groups excluding carboxylic acids is 1. The molecule has 0 aliphatic heterocycles. The topological polar surface area (TPSA) is 52.6 Å². The van der Waals surface area contributed by atoms with E-state index < -0.39 is 5.91 Å². The van der Waals surface area contributed by atoms with Crippen molar-refractivity contribution in [2.45, 2.75) is 20.4 Å². The van der Waals surface area contributed by atoms with Crippen LogP contribution >= 0.6 is 0 Å². The Hall–Kier alpha value is -1.39. The van der Waals surface area contributed by atoms with Crippen LogP contribution in [0.25, 0.3) is 0 Å². The minimum Gasteiger partial charge on any atom is -0.300 e. The highest BCUT2D eigenvalue weighted by atomic mass is 16.5. The Morgan fingerprint density at radius 1 is 1.25 bits per heavy atom. The monoisotopic (exact) mass is 222 g/mol. The van der Waals surface area contributed by atoms with Crippen LogP contribution in [0.5, 0.6) is 0 Å². The Bertz CT molecular complexity index is 331. The average Bonchev–Trinajstić information content (AvgIpc) is 2.35. The van der Waals surface area contributed by atoms with Crippen molar-refractivity contribution in [2.24, 2.45) is 0 Å². The second kappa shape index (κ2) is 6.25. The molecule has 0 saturated heterocycles. The highest BCUT2D eigenvalue weighted by Crippen LogP contribution is 2.07. The zero-order valence-electron chi connectivity index (χ0n) is 9.73. The third kappa shape index (κ3) is 3.32. The lowest BCUT2D eigenvalue weighted by Crippen LogP contribution is -2.22. The zero-order valence-corrected chi connectivity index (χ0v) is 9.73. The number of benzene rings is 1. The molecule has 1 amide bonds. The van der Waals surface area contributed by atoms with Crippen molar-refractivity contribution in [3.63, 3.8) is 0 Å². The number of nitrogens with one attached hydrogen (secondary N) is 1. The lowest BCUT2D eigenvalue weighted by atomic mass is 10.1. The molecule has 1 rings (SSSR count). The number of hydroxylamine groups is 1. The summed E-state index contributed by atoms with van der Waals surface area (Å²) < 4.78 is 0. The minimum atomic E-state index is -0.477. The van der Waals surface area contributed by atoms with E-state index >= 15 is 0 Å². The fraction of sp³-hybridized carbons (Fsp3) is 0.417. The highest BCUT2D eigenvalue weighted by molar-refractivity contribution is 5.93. The van der Waals surface area contributed by atoms with Crippen molar-refractivity contribution in [2.75, 3.05) is 13.1 Å². The van der Waals surface area contributed by atoms with Gasteiger partial charge < -0.3 is 0 Å². The molecule has 1 aromatic carbocycles. The van der Waals surface area contributed by atoms with Gasteiger partial charge in [-0.1, -0.05) is 26.0 Å². The number of nitrogens with zero attached hydrogens (tertiary/aromatic N) is 1. The Morgan fingerprint density at radius 2 is 1.81 bits per heavy atom. The molecule has 16 heavy (non-hydrogen) atoms. The second-order valence-corrected chi connectivity index (χ2v) is 3.60. The predicted octanol–water partition coefficient (Wildman–Crippen LogP) is 1.65. The van der Waals surface area contributed by atoms with Crippen molar-refractivity contribution in [3.8, 4) is 0 Å². The summed E-state index contributed by atoms with van der Waals surface area (Å²) in [5.74, 6) is -0.477. The first kappa shape index (κ1) is 12.7. The average molecular weight is 222 g/mol. The Morgan fingerprint density at radius 3 is 2.25 bits per heavy atom. The maximum Gasteiger partial charge on any atom is 0.274 e. The maximum atomic E-state index is 11.1. The summed E-state index contributed by atoms with van der Waals surface area (Å²) in [6.45, 7) is 7.15. The van der Waals surface area contributed by atoms with Crippen LogP contribution in [-0.4, -0.2) is 29.1 Å². The molecule has 4 nitrogen and oxygen atoms in total. The van der Waals surface area contributed by atoms with Crippen LogP contribution in [0.4, 0.5) is 0 Å². The molecule has 0 fully saturated rings. The highest BCUT2D eigenvalue weighted by Gasteiger charge is 2.04. The van der Waals surface area contributed by atoms with Gasteiger partial charge in [-0.25, -0.2) is 5.48 Å². The number of rotatable bonds is 5. The van der Waals surface area contributed by atoms with Gasteiger partial charge in [0.2, 0.25) is 0 Å². The Labute approximate surface area is 95.8 Å². The number of carbonyl (C=O) groups is 1. The van der Waals surface area contributed by atoms with E-state index in [9.17, 15) is 4.79 Å². The van der Waals surface area contributed by atoms with Gasteiger partial charge in [0.25, 0.3) is 5.91 Å². The number of hydrogen-bond donors (Lipinski definition) is 2. The smallest absolute Gasteiger partial charge is 0.274 e. The summed E-state index contributed by atoms with van der Waals surface area (Å²) >= 11 is 0. The van der Waals surface area contributed by atoms with E-state index in [2.05, 4.69) is 18.7 Å². The maximum absolute atomic E-state index is 11.1. The SMILES string of the molecule is CCN(CC)Cc1ccc(C(=O)NO)cc1. The summed E-state index contributed by atoms with van der Waals surface area (Å²) in [6.07, 6.45) is 0. The minimum absolute atomic E-state index is 0.464. The van der Waals surface area contributed by atoms with Crippen molar-refractivity contribution in [1.82, 2.24) is 10.4 Å². The normalized spacial score (nSPS) is 10.5. The molecule has 0 heterocycles. The molecule has 1 aromatic rings. The van der Waals surface area contributed by atoms with Crippen LogP contribution in [0.1, 0.15) is 29.8 Å². The fourth-order valence-corrected chi connectivity index (χ4v) is 1.53. The van der Waals surface area contributed by atoms with Crippen molar-refractivity contribution >= 4 is 5.91 Å². The van der Waals surface area contributed by atoms with Crippen LogP contribution in [0.15, 0.2) is 24.3 Å². The largest absolute Gasteiger partial charge is 0.300 e. The summed E-state index contributed by atoms with van der Waals surface area (Å²) in [5, 5.41) is 8.47. The summed E-state index contributed by atoms with van der Waals surface area (Å²) in [5.41, 5.74) is 3.24. The molecule has 4 heteroatoms. The molecule has 0 atom stereocenters.